The minimum atomic E-state index is -3.55. The molecule has 0 radical (unpaired) electrons. The van der Waals surface area contributed by atoms with Crippen LogP contribution in [0.3, 0.4) is 0 Å². The number of nitrogens with zero attached hydrogens (tertiary/aromatic N) is 7. The predicted molar refractivity (Wildman–Crippen MR) is 122 cm³/mol. The summed E-state index contributed by atoms with van der Waals surface area (Å²) in [5, 5.41) is 7.29. The molecular formula is C23H25F3N8O2. The van der Waals surface area contributed by atoms with E-state index in [1.165, 1.54) is 11.6 Å². The molecule has 190 valence electrons. The first kappa shape index (κ1) is 24.1. The number of carbonyl (C=O) groups is 1. The van der Waals surface area contributed by atoms with Gasteiger partial charge in [-0.05, 0) is 38.2 Å². The predicted octanol–water partition coefficient (Wildman–Crippen LogP) is 2.93. The number of hydrogen-bond acceptors (Lipinski definition) is 8. The topological polar surface area (TPSA) is 111 Å². The molecule has 0 unspecified atom stereocenters. The van der Waals surface area contributed by atoms with Gasteiger partial charge in [0.05, 0.1) is 30.1 Å². The lowest BCUT2D eigenvalue weighted by molar-refractivity contribution is -0.298. The molecule has 10 nitrogen and oxygen atoms in total. The van der Waals surface area contributed by atoms with E-state index in [0.717, 1.165) is 35.7 Å². The minimum absolute atomic E-state index is 0.0669. The summed E-state index contributed by atoms with van der Waals surface area (Å²) in [5.74, 6) is -0.494. The highest BCUT2D eigenvalue weighted by molar-refractivity contribution is 5.99. The molecule has 36 heavy (non-hydrogen) atoms. The number of hydrogen-bond donors (Lipinski definition) is 1. The largest absolute Gasteiger partial charge is 0.373 e. The Morgan fingerprint density at radius 2 is 1.83 bits per heavy atom. The van der Waals surface area contributed by atoms with Crippen LogP contribution in [0.15, 0.2) is 24.8 Å². The zero-order valence-electron chi connectivity index (χ0n) is 20.0. The molecule has 0 spiro atoms. The van der Waals surface area contributed by atoms with E-state index in [-0.39, 0.29) is 23.6 Å². The third kappa shape index (κ3) is 4.74. The molecule has 1 amide bonds. The number of carbonyl (C=O) groups excluding carboxylic acids is 1. The van der Waals surface area contributed by atoms with Gasteiger partial charge in [0.1, 0.15) is 6.54 Å². The summed E-state index contributed by atoms with van der Waals surface area (Å²) in [7, 11) is 1.61. The molecule has 13 heteroatoms. The number of aromatic nitrogens is 6. The Labute approximate surface area is 204 Å². The molecule has 1 aliphatic heterocycles. The van der Waals surface area contributed by atoms with Crippen molar-refractivity contribution in [3.8, 4) is 11.4 Å². The van der Waals surface area contributed by atoms with Crippen molar-refractivity contribution in [1.82, 2.24) is 34.6 Å². The Morgan fingerprint density at radius 3 is 2.47 bits per heavy atom. The highest BCUT2D eigenvalue weighted by atomic mass is 19.3. The van der Waals surface area contributed by atoms with Gasteiger partial charge in [-0.3, -0.25) is 9.48 Å². The van der Waals surface area contributed by atoms with E-state index >= 15 is 0 Å². The quantitative estimate of drug-likeness (QED) is 0.548. The zero-order chi connectivity index (χ0) is 25.6. The monoisotopic (exact) mass is 502 g/mol. The molecule has 3 aromatic rings. The summed E-state index contributed by atoms with van der Waals surface area (Å²) in [6.07, 6.45) is 3.11. The highest BCUT2D eigenvalue weighted by Crippen LogP contribution is 2.39. The Balaban J connectivity index is 1.43. The van der Waals surface area contributed by atoms with E-state index in [1.807, 2.05) is 0 Å². The van der Waals surface area contributed by atoms with Gasteiger partial charge in [-0.1, -0.05) is 0 Å². The summed E-state index contributed by atoms with van der Waals surface area (Å²) in [6, 6.07) is -0.784. The molecule has 1 N–H and O–H groups in total. The number of nitrogens with one attached hydrogen (secondary N) is 1. The molecule has 4 heterocycles. The van der Waals surface area contributed by atoms with Crippen molar-refractivity contribution >= 4 is 11.9 Å². The standard InChI is InChI=1S/C23H25F3N8O2/c1-12-18(20-27-8-16(24)9-28-20)19(32-33(12)3)21(35)34-11-23(25,26)36-13(2)17(34)10-31-22-29-6-15(7-30-22)14-4-5-14/h6-9,13-14,17H,4-5,10-11H2,1-3H3,(H,29,30,31)/t13-,17+/m0/s1. The number of morpholine rings is 1. The second-order valence-electron chi connectivity index (χ2n) is 9.11. The van der Waals surface area contributed by atoms with Crippen molar-refractivity contribution < 1.29 is 22.7 Å². The van der Waals surface area contributed by atoms with Crippen molar-refractivity contribution in [1.29, 1.82) is 0 Å². The molecule has 2 fully saturated rings. The fourth-order valence-corrected chi connectivity index (χ4v) is 4.31. The van der Waals surface area contributed by atoms with Gasteiger partial charge in [0.15, 0.2) is 17.3 Å². The fourth-order valence-electron chi connectivity index (χ4n) is 4.31. The van der Waals surface area contributed by atoms with Crippen LogP contribution in [0.5, 0.6) is 0 Å². The van der Waals surface area contributed by atoms with Crippen LogP contribution in [0.4, 0.5) is 19.1 Å². The van der Waals surface area contributed by atoms with Crippen LogP contribution in [-0.2, 0) is 11.8 Å². The second-order valence-corrected chi connectivity index (χ2v) is 9.11. The lowest BCUT2D eigenvalue weighted by Gasteiger charge is -2.42. The molecule has 2 atom stereocenters. The number of amides is 1. The van der Waals surface area contributed by atoms with Crippen LogP contribution in [0.1, 0.15) is 47.4 Å². The van der Waals surface area contributed by atoms with Crippen LogP contribution in [-0.4, -0.2) is 71.9 Å². The number of ether oxygens (including phenoxy) is 1. The van der Waals surface area contributed by atoms with E-state index in [1.54, 1.807) is 26.4 Å². The summed E-state index contributed by atoms with van der Waals surface area (Å²) >= 11 is 0. The number of aryl methyl sites for hydroxylation is 1. The zero-order valence-corrected chi connectivity index (χ0v) is 20.0. The maximum Gasteiger partial charge on any atom is 0.373 e. The van der Waals surface area contributed by atoms with Gasteiger partial charge in [-0.2, -0.15) is 13.9 Å². The maximum absolute atomic E-state index is 14.4. The summed E-state index contributed by atoms with van der Waals surface area (Å²) in [4.78, 5) is 31.2. The SMILES string of the molecule is Cc1c(-c2ncc(F)cn2)c(C(=O)N2CC(F)(F)O[C@@H](C)[C@H]2CNc2ncc(C3CC3)cn2)nn1C. The number of rotatable bonds is 6. The average molecular weight is 503 g/mol. The smallest absolute Gasteiger partial charge is 0.352 e. The van der Waals surface area contributed by atoms with Gasteiger partial charge in [0, 0.05) is 31.7 Å². The van der Waals surface area contributed by atoms with Crippen molar-refractivity contribution in [3.63, 3.8) is 0 Å². The summed E-state index contributed by atoms with van der Waals surface area (Å²) in [5.41, 5.74) is 1.72. The molecule has 0 bridgehead atoms. The van der Waals surface area contributed by atoms with Crippen LogP contribution >= 0.6 is 0 Å². The first-order valence-corrected chi connectivity index (χ1v) is 11.6. The van der Waals surface area contributed by atoms with Gasteiger partial charge in [-0.25, -0.2) is 24.3 Å². The Morgan fingerprint density at radius 1 is 1.17 bits per heavy atom. The molecule has 0 aromatic carbocycles. The van der Waals surface area contributed by atoms with E-state index in [0.29, 0.717) is 17.6 Å². The minimum Gasteiger partial charge on any atom is -0.352 e. The molecular weight excluding hydrogens is 477 g/mol. The lowest BCUT2D eigenvalue weighted by Crippen LogP contribution is -2.61. The van der Waals surface area contributed by atoms with Crippen LogP contribution in [0, 0.1) is 12.7 Å². The molecule has 1 saturated heterocycles. The molecule has 2 aliphatic rings. The molecule has 1 saturated carbocycles. The third-order valence-electron chi connectivity index (χ3n) is 6.49. The van der Waals surface area contributed by atoms with Gasteiger partial charge in [0.25, 0.3) is 5.91 Å². The first-order valence-electron chi connectivity index (χ1n) is 11.6. The van der Waals surface area contributed by atoms with E-state index in [4.69, 9.17) is 4.74 Å². The molecule has 5 rings (SSSR count). The Kier molecular flexibility index (Phi) is 6.10. The second kappa shape index (κ2) is 9.12. The average Bonchev–Trinajstić information content (AvgIpc) is 3.64. The third-order valence-corrected chi connectivity index (χ3v) is 6.49. The van der Waals surface area contributed by atoms with Crippen molar-refractivity contribution in [2.24, 2.45) is 7.05 Å². The van der Waals surface area contributed by atoms with Gasteiger partial charge in [-0.15, -0.1) is 0 Å². The molecule has 3 aromatic heterocycles. The van der Waals surface area contributed by atoms with E-state index in [2.05, 4.69) is 30.4 Å². The summed E-state index contributed by atoms with van der Waals surface area (Å²) < 4.78 is 48.6. The van der Waals surface area contributed by atoms with E-state index < -0.39 is 36.5 Å². The van der Waals surface area contributed by atoms with Crippen LogP contribution in [0.25, 0.3) is 11.4 Å². The number of alkyl halides is 2. The van der Waals surface area contributed by atoms with Gasteiger partial charge < -0.3 is 15.0 Å². The van der Waals surface area contributed by atoms with Crippen LogP contribution in [0.2, 0.25) is 0 Å². The number of halogens is 3. The fraction of sp³-hybridized carbons (Fsp3) is 0.478. The molecule has 1 aliphatic carbocycles. The normalized spacial score (nSPS) is 21.4. The highest BCUT2D eigenvalue weighted by Gasteiger charge is 2.48. The van der Waals surface area contributed by atoms with Crippen LogP contribution < -0.4 is 5.32 Å². The van der Waals surface area contributed by atoms with Gasteiger partial charge in [0.2, 0.25) is 5.95 Å². The van der Waals surface area contributed by atoms with Crippen molar-refractivity contribution in [3.05, 3.63) is 47.6 Å². The summed E-state index contributed by atoms with van der Waals surface area (Å²) in [6.45, 7) is 2.26. The Hall–Kier alpha value is -3.61. The lowest BCUT2D eigenvalue weighted by atomic mass is 10.1. The number of anilines is 1. The van der Waals surface area contributed by atoms with Crippen molar-refractivity contribution in [2.45, 2.75) is 50.9 Å². The van der Waals surface area contributed by atoms with Gasteiger partial charge >= 0.3 is 6.11 Å². The maximum atomic E-state index is 14.4. The van der Waals surface area contributed by atoms with E-state index in [9.17, 15) is 18.0 Å². The Bertz CT molecular complexity index is 1260. The van der Waals surface area contributed by atoms with Crippen molar-refractivity contribution in [2.75, 3.05) is 18.4 Å². The first-order chi connectivity index (χ1) is 17.1.